The minimum Gasteiger partial charge on any atom is -0.496 e. The number of halogens is 5. The van der Waals surface area contributed by atoms with E-state index in [1.54, 1.807) is 18.2 Å². The van der Waals surface area contributed by atoms with Crippen LogP contribution in [0.15, 0.2) is 30.5 Å². The molecule has 1 aliphatic heterocycles. The number of alkyl halides is 3. The van der Waals surface area contributed by atoms with E-state index in [9.17, 15) is 17.6 Å². The summed E-state index contributed by atoms with van der Waals surface area (Å²) >= 11 is 6.46. The van der Waals surface area contributed by atoms with Gasteiger partial charge in [-0.3, -0.25) is 4.40 Å². The number of hydrogen-bond acceptors (Lipinski definition) is 4. The van der Waals surface area contributed by atoms with Gasteiger partial charge in [0.15, 0.2) is 5.65 Å². The molecular weight excluding hydrogens is 424 g/mol. The third-order valence-corrected chi connectivity index (χ3v) is 5.77. The molecule has 1 fully saturated rings. The molecular formula is C20H19ClF4N4O. The average Bonchev–Trinajstić information content (AvgIpc) is 3.10. The molecule has 0 aliphatic carbocycles. The highest BCUT2D eigenvalue weighted by molar-refractivity contribution is 6.36. The second-order valence-corrected chi connectivity index (χ2v) is 7.61. The molecule has 1 aliphatic rings. The number of ether oxygens (including phenoxy) is 1. The molecule has 0 saturated carbocycles. The summed E-state index contributed by atoms with van der Waals surface area (Å²) in [6, 6.07) is 6.47. The Morgan fingerprint density at radius 1 is 1.17 bits per heavy atom. The predicted molar refractivity (Wildman–Crippen MR) is 105 cm³/mol. The molecule has 0 bridgehead atoms. The summed E-state index contributed by atoms with van der Waals surface area (Å²) in [6.07, 6.45) is -2.69. The van der Waals surface area contributed by atoms with Crippen LogP contribution in [-0.2, 0) is 6.42 Å². The fraction of sp³-hybridized carbons (Fsp3) is 0.400. The highest BCUT2D eigenvalue weighted by Crippen LogP contribution is 2.39. The maximum absolute atomic E-state index is 14.4. The highest BCUT2D eigenvalue weighted by Gasteiger charge is 2.31. The van der Waals surface area contributed by atoms with Gasteiger partial charge < -0.3 is 9.64 Å². The minimum atomic E-state index is -4.39. The van der Waals surface area contributed by atoms with E-state index in [2.05, 4.69) is 10.2 Å². The van der Waals surface area contributed by atoms with E-state index in [1.807, 2.05) is 4.90 Å². The van der Waals surface area contributed by atoms with Gasteiger partial charge in [-0.2, -0.15) is 13.2 Å². The molecule has 0 atom stereocenters. The molecule has 0 radical (unpaired) electrons. The summed E-state index contributed by atoms with van der Waals surface area (Å²) in [5, 5.41) is 7.74. The van der Waals surface area contributed by atoms with E-state index in [0.717, 1.165) is 0 Å². The van der Waals surface area contributed by atoms with Crippen molar-refractivity contribution in [3.63, 3.8) is 0 Å². The Balaban J connectivity index is 1.55. The number of pyridine rings is 1. The number of nitrogens with zero attached hydrogens (tertiary/aromatic N) is 4. The minimum absolute atomic E-state index is 0.00591. The van der Waals surface area contributed by atoms with E-state index in [-0.39, 0.29) is 28.2 Å². The molecule has 2 aromatic heterocycles. The maximum Gasteiger partial charge on any atom is 0.396 e. The van der Waals surface area contributed by atoms with Gasteiger partial charge in [-0.15, -0.1) is 10.2 Å². The summed E-state index contributed by atoms with van der Waals surface area (Å²) in [5.41, 5.74) is 1.44. The van der Waals surface area contributed by atoms with Gasteiger partial charge in [0.25, 0.3) is 0 Å². The fourth-order valence-corrected chi connectivity index (χ4v) is 4.32. The van der Waals surface area contributed by atoms with Gasteiger partial charge in [0.2, 0.25) is 0 Å². The third kappa shape index (κ3) is 3.90. The molecule has 5 nitrogen and oxygen atoms in total. The van der Waals surface area contributed by atoms with Gasteiger partial charge in [0.05, 0.1) is 12.8 Å². The van der Waals surface area contributed by atoms with Crippen LogP contribution < -0.4 is 9.64 Å². The lowest BCUT2D eigenvalue weighted by atomic mass is 9.88. The van der Waals surface area contributed by atoms with E-state index in [0.29, 0.717) is 42.9 Å². The van der Waals surface area contributed by atoms with Gasteiger partial charge in [0.1, 0.15) is 28.8 Å². The van der Waals surface area contributed by atoms with Crippen LogP contribution in [0.25, 0.3) is 5.65 Å². The summed E-state index contributed by atoms with van der Waals surface area (Å²) < 4.78 is 59.1. The SMILES string of the molecule is COc1cccc(F)c1C1CCN(c2ccn3c(CC(F)(F)F)nnc3c2Cl)CC1. The first-order valence-corrected chi connectivity index (χ1v) is 9.82. The van der Waals surface area contributed by atoms with Crippen LogP contribution in [0.3, 0.4) is 0 Å². The molecule has 10 heteroatoms. The Kier molecular flexibility index (Phi) is 5.48. The standard InChI is InChI=1S/C20H19ClF4N4O/c1-30-15-4-2-3-13(22)17(15)12-5-8-28(9-6-12)14-7-10-29-16(11-20(23,24)25)26-27-19(29)18(14)21/h2-4,7,10,12H,5-6,8-9,11H2,1H3. The second kappa shape index (κ2) is 7.94. The van der Waals surface area contributed by atoms with Gasteiger partial charge in [-0.05, 0) is 37.0 Å². The molecule has 0 spiro atoms. The summed E-state index contributed by atoms with van der Waals surface area (Å²) in [7, 11) is 1.52. The van der Waals surface area contributed by atoms with Crippen LogP contribution in [0, 0.1) is 5.82 Å². The van der Waals surface area contributed by atoms with Gasteiger partial charge in [-0.1, -0.05) is 17.7 Å². The van der Waals surface area contributed by atoms with Crippen molar-refractivity contribution in [3.05, 3.63) is 52.7 Å². The van der Waals surface area contributed by atoms with Crippen LogP contribution in [0.2, 0.25) is 5.02 Å². The lowest BCUT2D eigenvalue weighted by Gasteiger charge is -2.34. The van der Waals surface area contributed by atoms with E-state index < -0.39 is 12.6 Å². The van der Waals surface area contributed by atoms with Crippen LogP contribution in [0.4, 0.5) is 23.2 Å². The Bertz CT molecular complexity index is 1060. The number of methoxy groups -OCH3 is 1. The van der Waals surface area contributed by atoms with Crippen LogP contribution in [-0.4, -0.2) is 41.0 Å². The smallest absolute Gasteiger partial charge is 0.396 e. The monoisotopic (exact) mass is 442 g/mol. The normalized spacial score (nSPS) is 15.7. The molecule has 4 rings (SSSR count). The first kappa shape index (κ1) is 20.7. The zero-order chi connectivity index (χ0) is 21.5. The van der Waals surface area contributed by atoms with Crippen molar-refractivity contribution in [2.24, 2.45) is 0 Å². The summed E-state index contributed by atoms with van der Waals surface area (Å²) in [4.78, 5) is 2.03. The molecule has 0 amide bonds. The summed E-state index contributed by atoms with van der Waals surface area (Å²) in [5.74, 6) is 0.0455. The molecule has 1 aromatic carbocycles. The second-order valence-electron chi connectivity index (χ2n) is 7.23. The Labute approximate surface area is 175 Å². The quantitative estimate of drug-likeness (QED) is 0.532. The molecule has 3 aromatic rings. The molecule has 3 heterocycles. The lowest BCUT2D eigenvalue weighted by Crippen LogP contribution is -2.33. The molecule has 1 saturated heterocycles. The van der Waals surface area contributed by atoms with Crippen molar-refractivity contribution in [2.45, 2.75) is 31.4 Å². The fourth-order valence-electron chi connectivity index (χ4n) is 4.01. The Morgan fingerprint density at radius 2 is 1.90 bits per heavy atom. The van der Waals surface area contributed by atoms with Crippen molar-refractivity contribution >= 4 is 22.9 Å². The van der Waals surface area contributed by atoms with Crippen LogP contribution in [0.1, 0.15) is 30.1 Å². The van der Waals surface area contributed by atoms with Gasteiger partial charge >= 0.3 is 6.18 Å². The zero-order valence-electron chi connectivity index (χ0n) is 16.1. The number of fused-ring (bicyclic) bond motifs is 1. The van der Waals surface area contributed by atoms with Crippen LogP contribution in [0.5, 0.6) is 5.75 Å². The predicted octanol–water partition coefficient (Wildman–Crippen LogP) is 5.02. The first-order valence-electron chi connectivity index (χ1n) is 9.44. The van der Waals surface area contributed by atoms with Crippen molar-refractivity contribution in [1.82, 2.24) is 14.6 Å². The van der Waals surface area contributed by atoms with E-state index >= 15 is 0 Å². The summed E-state index contributed by atoms with van der Waals surface area (Å²) in [6.45, 7) is 1.23. The van der Waals surface area contributed by atoms with E-state index in [1.165, 1.54) is 23.8 Å². The Hall–Kier alpha value is -2.55. The molecule has 0 N–H and O–H groups in total. The largest absolute Gasteiger partial charge is 0.496 e. The van der Waals surface area contributed by atoms with Crippen LogP contribution >= 0.6 is 11.6 Å². The number of benzene rings is 1. The van der Waals surface area contributed by atoms with Crippen molar-refractivity contribution in [3.8, 4) is 5.75 Å². The number of hydrogen-bond donors (Lipinski definition) is 0. The number of aromatic nitrogens is 3. The average molecular weight is 443 g/mol. The molecule has 160 valence electrons. The number of piperidine rings is 1. The van der Waals surface area contributed by atoms with Crippen molar-refractivity contribution < 1.29 is 22.3 Å². The maximum atomic E-state index is 14.4. The van der Waals surface area contributed by atoms with Gasteiger partial charge in [-0.25, -0.2) is 4.39 Å². The number of rotatable bonds is 4. The van der Waals surface area contributed by atoms with Crippen molar-refractivity contribution in [2.75, 3.05) is 25.1 Å². The third-order valence-electron chi connectivity index (χ3n) is 5.40. The first-order chi connectivity index (χ1) is 14.3. The highest BCUT2D eigenvalue weighted by atomic mass is 35.5. The van der Waals surface area contributed by atoms with Gasteiger partial charge in [0, 0.05) is 24.8 Å². The topological polar surface area (TPSA) is 42.7 Å². The van der Waals surface area contributed by atoms with E-state index in [4.69, 9.17) is 16.3 Å². The molecule has 0 unspecified atom stereocenters. The van der Waals surface area contributed by atoms with Crippen molar-refractivity contribution in [1.29, 1.82) is 0 Å². The lowest BCUT2D eigenvalue weighted by molar-refractivity contribution is -0.128. The number of anilines is 1. The molecule has 30 heavy (non-hydrogen) atoms. The Morgan fingerprint density at radius 3 is 2.57 bits per heavy atom. The zero-order valence-corrected chi connectivity index (χ0v) is 16.8.